The highest BCUT2D eigenvalue weighted by Crippen LogP contribution is 2.26. The molecule has 144 valence electrons. The SMILES string of the molecule is CCc1cccc(CC)c1NCC(=O)Nc1ccccc1N1CCOCC1. The molecule has 0 spiro atoms. The van der Waals surface area contributed by atoms with Gasteiger partial charge in [0, 0.05) is 18.8 Å². The molecule has 0 aromatic heterocycles. The second kappa shape index (κ2) is 9.42. The third kappa shape index (κ3) is 4.80. The van der Waals surface area contributed by atoms with E-state index in [2.05, 4.69) is 53.6 Å². The first-order chi connectivity index (χ1) is 13.2. The Balaban J connectivity index is 1.67. The lowest BCUT2D eigenvalue weighted by molar-refractivity contribution is -0.114. The maximum absolute atomic E-state index is 12.6. The number of rotatable bonds is 7. The van der Waals surface area contributed by atoms with E-state index in [4.69, 9.17) is 4.74 Å². The van der Waals surface area contributed by atoms with E-state index in [1.54, 1.807) is 0 Å². The predicted octanol–water partition coefficient (Wildman–Crippen LogP) is 3.70. The molecule has 2 aromatic carbocycles. The van der Waals surface area contributed by atoms with Crippen molar-refractivity contribution in [1.82, 2.24) is 0 Å². The molecule has 2 N–H and O–H groups in total. The van der Waals surface area contributed by atoms with Crippen LogP contribution in [-0.2, 0) is 22.4 Å². The van der Waals surface area contributed by atoms with Gasteiger partial charge in [0.05, 0.1) is 31.1 Å². The topological polar surface area (TPSA) is 53.6 Å². The number of ether oxygens (including phenoxy) is 1. The molecule has 2 aromatic rings. The zero-order valence-electron chi connectivity index (χ0n) is 16.3. The molecular formula is C22H29N3O2. The fourth-order valence-corrected chi connectivity index (χ4v) is 3.49. The van der Waals surface area contributed by atoms with Crippen LogP contribution in [0.15, 0.2) is 42.5 Å². The largest absolute Gasteiger partial charge is 0.378 e. The molecule has 0 saturated carbocycles. The number of carbonyl (C=O) groups excluding carboxylic acids is 1. The normalized spacial score (nSPS) is 14.1. The summed E-state index contributed by atoms with van der Waals surface area (Å²) in [4.78, 5) is 14.9. The molecule has 1 amide bonds. The summed E-state index contributed by atoms with van der Waals surface area (Å²) >= 11 is 0. The van der Waals surface area contributed by atoms with E-state index in [1.165, 1.54) is 11.1 Å². The fourth-order valence-electron chi connectivity index (χ4n) is 3.49. The summed E-state index contributed by atoms with van der Waals surface area (Å²) in [5, 5.41) is 6.43. The first-order valence-corrected chi connectivity index (χ1v) is 9.79. The van der Waals surface area contributed by atoms with E-state index in [0.717, 1.165) is 56.2 Å². The maximum Gasteiger partial charge on any atom is 0.243 e. The highest BCUT2D eigenvalue weighted by Gasteiger charge is 2.16. The van der Waals surface area contributed by atoms with Gasteiger partial charge in [-0.15, -0.1) is 0 Å². The molecule has 1 aliphatic heterocycles. The summed E-state index contributed by atoms with van der Waals surface area (Å²) in [7, 11) is 0. The van der Waals surface area contributed by atoms with Gasteiger partial charge in [-0.3, -0.25) is 4.79 Å². The fraction of sp³-hybridized carbons (Fsp3) is 0.409. The number of nitrogens with zero attached hydrogens (tertiary/aromatic N) is 1. The minimum Gasteiger partial charge on any atom is -0.378 e. The Hall–Kier alpha value is -2.53. The number of benzene rings is 2. The molecule has 0 bridgehead atoms. The molecule has 3 rings (SSSR count). The van der Waals surface area contributed by atoms with E-state index in [1.807, 2.05) is 18.2 Å². The number of para-hydroxylation sites is 3. The summed E-state index contributed by atoms with van der Waals surface area (Å²) in [5.74, 6) is -0.0383. The average molecular weight is 367 g/mol. The molecule has 5 nitrogen and oxygen atoms in total. The molecule has 1 fully saturated rings. The monoisotopic (exact) mass is 367 g/mol. The number of hydrogen-bond acceptors (Lipinski definition) is 4. The van der Waals surface area contributed by atoms with Crippen molar-refractivity contribution in [2.45, 2.75) is 26.7 Å². The maximum atomic E-state index is 12.6. The van der Waals surface area contributed by atoms with Gasteiger partial charge in [-0.2, -0.15) is 0 Å². The highest BCUT2D eigenvalue weighted by molar-refractivity contribution is 5.97. The van der Waals surface area contributed by atoms with Gasteiger partial charge in [0.15, 0.2) is 0 Å². The molecule has 0 unspecified atom stereocenters. The van der Waals surface area contributed by atoms with Gasteiger partial charge >= 0.3 is 0 Å². The number of amides is 1. The second-order valence-electron chi connectivity index (χ2n) is 6.68. The van der Waals surface area contributed by atoms with Crippen LogP contribution in [0.3, 0.4) is 0 Å². The van der Waals surface area contributed by atoms with Gasteiger partial charge in [-0.05, 0) is 36.1 Å². The van der Waals surface area contributed by atoms with Crippen LogP contribution in [0, 0.1) is 0 Å². The van der Waals surface area contributed by atoms with Crippen LogP contribution >= 0.6 is 0 Å². The van der Waals surface area contributed by atoms with E-state index < -0.39 is 0 Å². The van der Waals surface area contributed by atoms with Crippen molar-refractivity contribution in [1.29, 1.82) is 0 Å². The van der Waals surface area contributed by atoms with Crippen molar-refractivity contribution in [3.05, 3.63) is 53.6 Å². The van der Waals surface area contributed by atoms with Crippen molar-refractivity contribution < 1.29 is 9.53 Å². The molecule has 1 heterocycles. The van der Waals surface area contributed by atoms with Gasteiger partial charge in [0.25, 0.3) is 0 Å². The third-order valence-electron chi connectivity index (χ3n) is 4.95. The van der Waals surface area contributed by atoms with E-state index in [9.17, 15) is 4.79 Å². The lowest BCUT2D eigenvalue weighted by atomic mass is 10.0. The molecule has 1 saturated heterocycles. The zero-order valence-corrected chi connectivity index (χ0v) is 16.3. The van der Waals surface area contributed by atoms with Crippen LogP contribution in [0.5, 0.6) is 0 Å². The lowest BCUT2D eigenvalue weighted by Crippen LogP contribution is -2.37. The van der Waals surface area contributed by atoms with Crippen molar-refractivity contribution in [3.63, 3.8) is 0 Å². The first kappa shape index (κ1) is 19.2. The Morgan fingerprint density at radius 1 is 1.00 bits per heavy atom. The minimum absolute atomic E-state index is 0.0383. The first-order valence-electron chi connectivity index (χ1n) is 9.79. The van der Waals surface area contributed by atoms with Crippen molar-refractivity contribution >= 4 is 23.0 Å². The molecule has 27 heavy (non-hydrogen) atoms. The lowest BCUT2D eigenvalue weighted by Gasteiger charge is -2.30. The van der Waals surface area contributed by atoms with Gasteiger partial charge in [-0.25, -0.2) is 0 Å². The van der Waals surface area contributed by atoms with Gasteiger partial charge in [-0.1, -0.05) is 44.2 Å². The average Bonchev–Trinajstić information content (AvgIpc) is 2.73. The number of hydrogen-bond donors (Lipinski definition) is 2. The van der Waals surface area contributed by atoms with E-state index in [-0.39, 0.29) is 12.5 Å². The number of morpholine rings is 1. The smallest absolute Gasteiger partial charge is 0.243 e. The third-order valence-corrected chi connectivity index (χ3v) is 4.95. The summed E-state index contributed by atoms with van der Waals surface area (Å²) < 4.78 is 5.43. The van der Waals surface area contributed by atoms with Crippen LogP contribution in [0.4, 0.5) is 17.1 Å². The minimum atomic E-state index is -0.0383. The van der Waals surface area contributed by atoms with Gasteiger partial charge in [0.1, 0.15) is 0 Å². The Morgan fingerprint density at radius 3 is 2.33 bits per heavy atom. The van der Waals surface area contributed by atoms with E-state index >= 15 is 0 Å². The number of nitrogens with one attached hydrogen (secondary N) is 2. The number of anilines is 3. The molecule has 1 aliphatic rings. The standard InChI is InChI=1S/C22H29N3O2/c1-3-17-8-7-9-18(4-2)22(17)23-16-21(26)24-19-10-5-6-11-20(19)25-12-14-27-15-13-25/h5-11,23H,3-4,12-16H2,1-2H3,(H,24,26). The van der Waals surface area contributed by atoms with Gasteiger partial charge < -0.3 is 20.3 Å². The number of carbonyl (C=O) groups is 1. The van der Waals surface area contributed by atoms with Crippen LogP contribution < -0.4 is 15.5 Å². The van der Waals surface area contributed by atoms with Crippen LogP contribution in [-0.4, -0.2) is 38.8 Å². The van der Waals surface area contributed by atoms with E-state index in [0.29, 0.717) is 0 Å². The summed E-state index contributed by atoms with van der Waals surface area (Å²) in [5.41, 5.74) is 5.49. The van der Waals surface area contributed by atoms with Crippen molar-refractivity contribution in [2.75, 3.05) is 48.4 Å². The Labute approximate surface area is 161 Å². The predicted molar refractivity (Wildman–Crippen MR) is 112 cm³/mol. The Bertz CT molecular complexity index is 748. The summed E-state index contributed by atoms with van der Waals surface area (Å²) in [6, 6.07) is 14.3. The molecule has 0 radical (unpaired) electrons. The molecule has 5 heteroatoms. The van der Waals surface area contributed by atoms with Crippen molar-refractivity contribution in [2.24, 2.45) is 0 Å². The van der Waals surface area contributed by atoms with Gasteiger partial charge in [0.2, 0.25) is 5.91 Å². The summed E-state index contributed by atoms with van der Waals surface area (Å²) in [6.45, 7) is 7.65. The molecule has 0 aliphatic carbocycles. The second-order valence-corrected chi connectivity index (χ2v) is 6.68. The number of aryl methyl sites for hydroxylation is 2. The highest BCUT2D eigenvalue weighted by atomic mass is 16.5. The van der Waals surface area contributed by atoms with Crippen LogP contribution in [0.1, 0.15) is 25.0 Å². The summed E-state index contributed by atoms with van der Waals surface area (Å²) in [6.07, 6.45) is 1.88. The Kier molecular flexibility index (Phi) is 6.71. The zero-order chi connectivity index (χ0) is 19.1. The molecular weight excluding hydrogens is 338 g/mol. The van der Waals surface area contributed by atoms with Crippen LogP contribution in [0.2, 0.25) is 0 Å². The van der Waals surface area contributed by atoms with Crippen molar-refractivity contribution in [3.8, 4) is 0 Å². The molecule has 0 atom stereocenters. The van der Waals surface area contributed by atoms with Crippen LogP contribution in [0.25, 0.3) is 0 Å². The Morgan fingerprint density at radius 2 is 1.67 bits per heavy atom. The quantitative estimate of drug-likeness (QED) is 0.783.